The van der Waals surface area contributed by atoms with Crippen LogP contribution in [0.2, 0.25) is 0 Å². The first kappa shape index (κ1) is 19.2. The van der Waals surface area contributed by atoms with Crippen molar-refractivity contribution in [3.63, 3.8) is 0 Å². The second-order valence-corrected chi connectivity index (χ2v) is 7.11. The maximum atomic E-state index is 13.0. The number of nitrogens with one attached hydrogen (secondary N) is 2. The smallest absolute Gasteiger partial charge is 0.268 e. The number of para-hydroxylation sites is 1. The van der Waals surface area contributed by atoms with Crippen LogP contribution in [0.4, 0.5) is 0 Å². The molecule has 0 aliphatic carbocycles. The lowest BCUT2D eigenvalue weighted by Crippen LogP contribution is -2.43. The maximum Gasteiger partial charge on any atom is 0.268 e. The number of aryl methyl sites for hydroxylation is 2. The van der Waals surface area contributed by atoms with Gasteiger partial charge in [0.15, 0.2) is 0 Å². The van der Waals surface area contributed by atoms with Crippen LogP contribution >= 0.6 is 0 Å². The molecule has 3 rings (SSSR count). The first-order valence-electron chi connectivity index (χ1n) is 9.45. The van der Waals surface area contributed by atoms with E-state index in [1.54, 1.807) is 6.08 Å². The Balaban J connectivity index is 1.78. The van der Waals surface area contributed by atoms with Crippen LogP contribution in [0.1, 0.15) is 29.4 Å². The Bertz CT molecular complexity index is 831. The molecular formula is C21H28N4O2. The number of hydrogen-bond acceptors (Lipinski definition) is 3. The number of carbonyl (C=O) groups excluding carboxylic acids is 2. The van der Waals surface area contributed by atoms with Crippen LogP contribution < -0.4 is 10.6 Å². The van der Waals surface area contributed by atoms with Crippen molar-refractivity contribution in [1.82, 2.24) is 20.1 Å². The van der Waals surface area contributed by atoms with Crippen molar-refractivity contribution in [2.24, 2.45) is 7.05 Å². The van der Waals surface area contributed by atoms with Crippen LogP contribution in [-0.2, 0) is 11.8 Å². The van der Waals surface area contributed by atoms with E-state index < -0.39 is 0 Å². The molecule has 2 unspecified atom stereocenters. The van der Waals surface area contributed by atoms with Gasteiger partial charge in [-0.1, -0.05) is 24.3 Å². The van der Waals surface area contributed by atoms with E-state index in [1.165, 1.54) is 0 Å². The molecule has 1 saturated heterocycles. The Morgan fingerprint density at radius 2 is 2.07 bits per heavy atom. The van der Waals surface area contributed by atoms with E-state index in [1.807, 2.05) is 49.7 Å². The Morgan fingerprint density at radius 3 is 2.74 bits per heavy atom. The Hall–Kier alpha value is -2.60. The molecule has 2 aromatic rings. The number of likely N-dealkylation sites (tertiary alicyclic amines) is 1. The summed E-state index contributed by atoms with van der Waals surface area (Å²) in [7, 11) is 1.92. The number of aromatic nitrogens is 1. The van der Waals surface area contributed by atoms with Gasteiger partial charge in [-0.2, -0.15) is 0 Å². The Labute approximate surface area is 160 Å². The highest BCUT2D eigenvalue weighted by Crippen LogP contribution is 2.25. The highest BCUT2D eigenvalue weighted by molar-refractivity contribution is 6.01. The van der Waals surface area contributed by atoms with Crippen molar-refractivity contribution in [3.8, 4) is 0 Å². The molecule has 6 heteroatoms. The number of benzene rings is 1. The number of hydrogen-bond donors (Lipinski definition) is 2. The summed E-state index contributed by atoms with van der Waals surface area (Å²) < 4.78 is 1.94. The normalized spacial score (nSPS) is 20.0. The minimum atomic E-state index is -0.234. The number of nitrogens with zero attached hydrogens (tertiary/aromatic N) is 2. The van der Waals surface area contributed by atoms with Gasteiger partial charge < -0.3 is 15.2 Å². The lowest BCUT2D eigenvalue weighted by atomic mass is 10.1. The van der Waals surface area contributed by atoms with E-state index in [2.05, 4.69) is 22.1 Å². The summed E-state index contributed by atoms with van der Waals surface area (Å²) in [6.45, 7) is 9.54. The number of carbonyl (C=O) groups is 2. The monoisotopic (exact) mass is 368 g/mol. The van der Waals surface area contributed by atoms with Crippen LogP contribution in [0.3, 0.4) is 0 Å². The van der Waals surface area contributed by atoms with Gasteiger partial charge >= 0.3 is 0 Å². The van der Waals surface area contributed by atoms with E-state index in [0.717, 1.165) is 16.5 Å². The van der Waals surface area contributed by atoms with E-state index >= 15 is 0 Å². The average molecular weight is 368 g/mol. The summed E-state index contributed by atoms with van der Waals surface area (Å²) in [6.07, 6.45) is 2.40. The number of fused-ring (bicyclic) bond motifs is 1. The summed E-state index contributed by atoms with van der Waals surface area (Å²) in [4.78, 5) is 27.4. The molecule has 1 fully saturated rings. The third kappa shape index (κ3) is 3.62. The van der Waals surface area contributed by atoms with Gasteiger partial charge in [0, 0.05) is 43.6 Å². The molecule has 0 spiro atoms. The van der Waals surface area contributed by atoms with Crippen LogP contribution in [-0.4, -0.2) is 53.0 Å². The van der Waals surface area contributed by atoms with E-state index in [-0.39, 0.29) is 23.9 Å². The molecule has 2 amide bonds. The van der Waals surface area contributed by atoms with E-state index in [0.29, 0.717) is 31.7 Å². The molecule has 0 bridgehead atoms. The SMILES string of the molecule is C=CCN1CC(NC(=O)c2c(C)c3ccccc3n2C)CC1C(=O)NCC. The van der Waals surface area contributed by atoms with Crippen molar-refractivity contribution < 1.29 is 9.59 Å². The fourth-order valence-corrected chi connectivity index (χ4v) is 4.10. The van der Waals surface area contributed by atoms with Crippen LogP contribution in [0.25, 0.3) is 10.9 Å². The first-order chi connectivity index (χ1) is 13.0. The molecule has 1 aliphatic rings. The zero-order valence-corrected chi connectivity index (χ0v) is 16.3. The second kappa shape index (κ2) is 7.96. The van der Waals surface area contributed by atoms with Crippen molar-refractivity contribution in [2.45, 2.75) is 32.4 Å². The molecular weight excluding hydrogens is 340 g/mol. The molecule has 1 aromatic heterocycles. The van der Waals surface area contributed by atoms with E-state index in [9.17, 15) is 9.59 Å². The lowest BCUT2D eigenvalue weighted by molar-refractivity contribution is -0.125. The third-order valence-electron chi connectivity index (χ3n) is 5.33. The zero-order chi connectivity index (χ0) is 19.6. The van der Waals surface area contributed by atoms with Gasteiger partial charge in [0.1, 0.15) is 5.69 Å². The van der Waals surface area contributed by atoms with Crippen LogP contribution in [0.15, 0.2) is 36.9 Å². The summed E-state index contributed by atoms with van der Waals surface area (Å²) in [5, 5.41) is 7.11. The fraction of sp³-hybridized carbons (Fsp3) is 0.429. The molecule has 6 nitrogen and oxygen atoms in total. The summed E-state index contributed by atoms with van der Waals surface area (Å²) in [6, 6.07) is 7.71. The quantitative estimate of drug-likeness (QED) is 0.767. The average Bonchev–Trinajstić information content (AvgIpc) is 3.15. The highest BCUT2D eigenvalue weighted by Gasteiger charge is 2.37. The standard InChI is InChI=1S/C21H28N4O2/c1-5-11-25-13-15(12-18(25)20(26)22-6-2)23-21(27)19-14(3)16-9-7-8-10-17(16)24(19)4/h5,7-10,15,18H,1,6,11-13H2,2-4H3,(H,22,26)(H,23,27). The molecule has 1 aliphatic heterocycles. The van der Waals surface area contributed by atoms with Gasteiger partial charge in [-0.15, -0.1) is 6.58 Å². The largest absolute Gasteiger partial charge is 0.355 e. The van der Waals surface area contributed by atoms with Crippen molar-refractivity contribution in [1.29, 1.82) is 0 Å². The second-order valence-electron chi connectivity index (χ2n) is 7.11. The summed E-state index contributed by atoms with van der Waals surface area (Å²) in [5.74, 6) is -0.0804. The molecule has 144 valence electrons. The van der Waals surface area contributed by atoms with Crippen molar-refractivity contribution in [2.75, 3.05) is 19.6 Å². The van der Waals surface area contributed by atoms with Gasteiger partial charge in [0.05, 0.1) is 6.04 Å². The Morgan fingerprint density at radius 1 is 1.33 bits per heavy atom. The van der Waals surface area contributed by atoms with Gasteiger partial charge in [-0.25, -0.2) is 0 Å². The minimum Gasteiger partial charge on any atom is -0.355 e. The van der Waals surface area contributed by atoms with Gasteiger partial charge in [0.25, 0.3) is 5.91 Å². The van der Waals surface area contributed by atoms with Crippen molar-refractivity contribution >= 4 is 22.7 Å². The molecule has 27 heavy (non-hydrogen) atoms. The molecule has 2 N–H and O–H groups in total. The van der Waals surface area contributed by atoms with Crippen LogP contribution in [0.5, 0.6) is 0 Å². The predicted molar refractivity (Wildman–Crippen MR) is 108 cm³/mol. The first-order valence-corrected chi connectivity index (χ1v) is 9.45. The number of likely N-dealkylation sites (N-methyl/N-ethyl adjacent to an activating group) is 1. The number of amides is 2. The van der Waals surface area contributed by atoms with Gasteiger partial charge in [0.2, 0.25) is 5.91 Å². The molecule has 2 atom stereocenters. The van der Waals surface area contributed by atoms with Gasteiger partial charge in [-0.05, 0) is 31.9 Å². The lowest BCUT2D eigenvalue weighted by Gasteiger charge is -2.21. The van der Waals surface area contributed by atoms with Crippen LogP contribution in [0, 0.1) is 6.92 Å². The molecule has 0 radical (unpaired) electrons. The molecule has 1 aromatic carbocycles. The topological polar surface area (TPSA) is 66.4 Å². The summed E-state index contributed by atoms with van der Waals surface area (Å²) in [5.41, 5.74) is 2.69. The van der Waals surface area contributed by atoms with Crippen molar-refractivity contribution in [3.05, 3.63) is 48.2 Å². The maximum absolute atomic E-state index is 13.0. The predicted octanol–water partition coefficient (Wildman–Crippen LogP) is 1.98. The zero-order valence-electron chi connectivity index (χ0n) is 16.3. The minimum absolute atomic E-state index is 0.0110. The molecule has 0 saturated carbocycles. The third-order valence-corrected chi connectivity index (χ3v) is 5.33. The summed E-state index contributed by atoms with van der Waals surface area (Å²) >= 11 is 0. The van der Waals surface area contributed by atoms with Gasteiger partial charge in [-0.3, -0.25) is 14.5 Å². The van der Waals surface area contributed by atoms with E-state index in [4.69, 9.17) is 0 Å². The Kier molecular flexibility index (Phi) is 5.65. The number of rotatable bonds is 6. The highest BCUT2D eigenvalue weighted by atomic mass is 16.2. The fourth-order valence-electron chi connectivity index (χ4n) is 4.10. The molecule has 2 heterocycles.